The van der Waals surface area contributed by atoms with Crippen molar-refractivity contribution in [2.24, 2.45) is 0 Å². The second kappa shape index (κ2) is 18.9. The first-order chi connectivity index (χ1) is 30.3. The number of fused-ring (bicyclic) bond motifs is 2. The van der Waals surface area contributed by atoms with E-state index in [1.165, 1.54) is 63.8 Å². The number of nitrogens with one attached hydrogen (secondary N) is 1. The average Bonchev–Trinajstić information content (AvgIpc) is 3.94. The number of halogens is 6. The van der Waals surface area contributed by atoms with Crippen molar-refractivity contribution in [2.45, 2.75) is 24.7 Å². The Hall–Kier alpha value is -7.80. The van der Waals surface area contributed by atoms with Gasteiger partial charge in [-0.15, -0.1) is 0 Å². The van der Waals surface area contributed by atoms with Crippen LogP contribution in [0, 0.1) is 0 Å². The zero-order valence-corrected chi connectivity index (χ0v) is 32.2. The number of imidazole rings is 2. The third kappa shape index (κ3) is 10.4. The largest absolute Gasteiger partial charge is 0.469 e. The minimum absolute atomic E-state index is 0.0143. The van der Waals surface area contributed by atoms with E-state index in [0.717, 1.165) is 17.7 Å². The SMILES string of the molecule is FC(F)(F)c1ccccc1-c1ccc2nccn2n1.O=C(Nc1cccc(OC2COC(c3ccccc3)OC2)n1)c1cnc2ccc(-c3ccccc3C(F)(F)F)nn12.O=C=O. The number of anilines is 1. The molecule has 9 rings (SSSR count). The summed E-state index contributed by atoms with van der Waals surface area (Å²) < 4.78 is 99.6. The molecule has 14 nitrogen and oxygen atoms in total. The molecule has 1 fully saturated rings. The first-order valence-corrected chi connectivity index (χ1v) is 18.5. The van der Waals surface area contributed by atoms with E-state index in [1.807, 2.05) is 30.3 Å². The fourth-order valence-electron chi connectivity index (χ4n) is 6.30. The lowest BCUT2D eigenvalue weighted by atomic mass is 10.0. The van der Waals surface area contributed by atoms with Crippen molar-refractivity contribution in [3.63, 3.8) is 0 Å². The van der Waals surface area contributed by atoms with Crippen LogP contribution in [0.25, 0.3) is 33.8 Å². The summed E-state index contributed by atoms with van der Waals surface area (Å²) in [4.78, 5) is 41.9. The smallest absolute Gasteiger partial charge is 0.417 e. The van der Waals surface area contributed by atoms with Crippen LogP contribution < -0.4 is 10.1 Å². The quantitative estimate of drug-likeness (QED) is 0.153. The van der Waals surface area contributed by atoms with Crippen molar-refractivity contribution in [1.29, 1.82) is 0 Å². The molecule has 0 spiro atoms. The lowest BCUT2D eigenvalue weighted by Gasteiger charge is -2.29. The van der Waals surface area contributed by atoms with Gasteiger partial charge in [0.15, 0.2) is 23.3 Å². The number of carbonyl (C=O) groups excluding carboxylic acids is 3. The van der Waals surface area contributed by atoms with Gasteiger partial charge in [0.05, 0.1) is 41.9 Å². The maximum Gasteiger partial charge on any atom is 0.417 e. The number of amides is 1. The minimum atomic E-state index is -4.57. The van der Waals surface area contributed by atoms with Crippen LogP contribution in [0.1, 0.15) is 33.5 Å². The molecule has 0 aliphatic carbocycles. The van der Waals surface area contributed by atoms with E-state index in [1.54, 1.807) is 42.7 Å². The van der Waals surface area contributed by atoms with Crippen LogP contribution in [0.4, 0.5) is 32.2 Å². The maximum absolute atomic E-state index is 13.6. The summed E-state index contributed by atoms with van der Waals surface area (Å²) in [5, 5.41) is 11.1. The van der Waals surface area contributed by atoms with Crippen LogP contribution in [-0.4, -0.2) is 65.6 Å². The zero-order valence-electron chi connectivity index (χ0n) is 32.2. The van der Waals surface area contributed by atoms with Gasteiger partial charge in [-0.3, -0.25) is 4.79 Å². The normalized spacial score (nSPS) is 15.0. The number of benzene rings is 3. The lowest BCUT2D eigenvalue weighted by molar-refractivity contribution is -0.216. The average molecular weight is 869 g/mol. The number of hydrogen-bond acceptors (Lipinski definition) is 11. The Morgan fingerprint density at radius 3 is 1.92 bits per heavy atom. The third-order valence-electron chi connectivity index (χ3n) is 9.06. The summed E-state index contributed by atoms with van der Waals surface area (Å²) in [5.74, 6) is -0.160. The standard InChI is InChI=1S/C29H22F3N5O4.C13H8F3N3.CO2/c30-29(31,32)21-10-5-4-9-20(21)22-13-14-25-33-15-23(37(25)36-22)27(38)35-24-11-6-12-26(34-24)41-19-16-39-28(40-17-19)18-7-2-1-3-8-18;14-13(15,16)10-4-2-1-3-9(10)11-5-6-12-17-7-8-19(12)18-11;2-1-3/h1-15,19,28H,16-17H2,(H,34,35,38);1-8H;. The molecule has 0 saturated carbocycles. The third-order valence-corrected chi connectivity index (χ3v) is 9.06. The van der Waals surface area contributed by atoms with Crippen molar-refractivity contribution < 1.29 is 54.9 Å². The number of rotatable bonds is 7. The molecule has 63 heavy (non-hydrogen) atoms. The topological polar surface area (TPSA) is 164 Å². The lowest BCUT2D eigenvalue weighted by Crippen LogP contribution is -2.35. The van der Waals surface area contributed by atoms with Gasteiger partial charge in [0.1, 0.15) is 11.9 Å². The monoisotopic (exact) mass is 868 g/mol. The van der Waals surface area contributed by atoms with Crippen molar-refractivity contribution in [1.82, 2.24) is 34.2 Å². The zero-order chi connectivity index (χ0) is 44.6. The molecule has 0 unspecified atom stereocenters. The number of alkyl halides is 6. The van der Waals surface area contributed by atoms with Crippen LogP contribution >= 0.6 is 0 Å². The van der Waals surface area contributed by atoms with Gasteiger partial charge in [0.25, 0.3) is 5.91 Å². The highest BCUT2D eigenvalue weighted by Crippen LogP contribution is 2.37. The van der Waals surface area contributed by atoms with E-state index in [-0.39, 0.29) is 59.3 Å². The highest BCUT2D eigenvalue weighted by atomic mass is 19.4. The van der Waals surface area contributed by atoms with Gasteiger partial charge in [0.2, 0.25) is 5.88 Å². The number of pyridine rings is 1. The molecule has 1 saturated heterocycles. The Morgan fingerprint density at radius 1 is 0.698 bits per heavy atom. The summed E-state index contributed by atoms with van der Waals surface area (Å²) in [5.41, 5.74) is 0.534. The summed E-state index contributed by atoms with van der Waals surface area (Å²) in [6, 6.07) is 31.0. The molecule has 5 aromatic heterocycles. The number of ether oxygens (including phenoxy) is 3. The summed E-state index contributed by atoms with van der Waals surface area (Å²) >= 11 is 0. The van der Waals surface area contributed by atoms with Gasteiger partial charge in [-0.2, -0.15) is 51.1 Å². The van der Waals surface area contributed by atoms with Crippen molar-refractivity contribution in [3.8, 4) is 28.4 Å². The number of aromatic nitrogens is 7. The molecule has 320 valence electrons. The fraction of sp³-hybridized carbons (Fsp3) is 0.140. The van der Waals surface area contributed by atoms with Gasteiger partial charge in [0, 0.05) is 35.2 Å². The van der Waals surface area contributed by atoms with Crippen LogP contribution in [-0.2, 0) is 31.4 Å². The molecular weight excluding hydrogens is 839 g/mol. The second-order valence-electron chi connectivity index (χ2n) is 13.2. The predicted molar refractivity (Wildman–Crippen MR) is 210 cm³/mol. The fourth-order valence-corrected chi connectivity index (χ4v) is 6.30. The van der Waals surface area contributed by atoms with Crippen molar-refractivity contribution in [2.75, 3.05) is 18.5 Å². The second-order valence-corrected chi connectivity index (χ2v) is 13.2. The van der Waals surface area contributed by atoms with Gasteiger partial charge in [-0.05, 0) is 42.5 Å². The molecule has 3 aromatic carbocycles. The van der Waals surface area contributed by atoms with E-state index in [9.17, 15) is 31.1 Å². The number of hydrogen-bond donors (Lipinski definition) is 1. The summed E-state index contributed by atoms with van der Waals surface area (Å²) in [6.07, 6.45) is -5.18. The Labute approximate surface area is 351 Å². The van der Waals surface area contributed by atoms with Crippen LogP contribution in [0.2, 0.25) is 0 Å². The molecule has 0 bridgehead atoms. The van der Waals surface area contributed by atoms with Gasteiger partial charge >= 0.3 is 18.5 Å². The van der Waals surface area contributed by atoms with Gasteiger partial charge in [-0.25, -0.2) is 19.0 Å². The molecule has 0 atom stereocenters. The summed E-state index contributed by atoms with van der Waals surface area (Å²) in [6.45, 7) is 0.566. The first kappa shape index (κ1) is 43.3. The first-order valence-electron chi connectivity index (χ1n) is 18.5. The molecule has 1 amide bonds. The molecule has 1 aliphatic heterocycles. The van der Waals surface area contributed by atoms with Crippen LogP contribution in [0.3, 0.4) is 0 Å². The van der Waals surface area contributed by atoms with E-state index >= 15 is 0 Å². The van der Waals surface area contributed by atoms with E-state index in [2.05, 4.69) is 30.5 Å². The van der Waals surface area contributed by atoms with Crippen LogP contribution in [0.15, 0.2) is 140 Å². The number of carbonyl (C=O) groups is 1. The Morgan fingerprint density at radius 2 is 1.29 bits per heavy atom. The van der Waals surface area contributed by atoms with Gasteiger partial charge in [-0.1, -0.05) is 72.8 Å². The molecule has 0 radical (unpaired) electrons. The predicted octanol–water partition coefficient (Wildman–Crippen LogP) is 8.39. The van der Waals surface area contributed by atoms with E-state index in [4.69, 9.17) is 23.8 Å². The molecule has 20 heteroatoms. The molecule has 8 aromatic rings. The Balaban J connectivity index is 0.000000224. The molecular formula is C43H30F6N8O6. The van der Waals surface area contributed by atoms with E-state index < -0.39 is 41.8 Å². The highest BCUT2D eigenvalue weighted by Gasteiger charge is 2.35. The Bertz CT molecular complexity index is 2870. The number of nitrogens with zero attached hydrogens (tertiary/aromatic N) is 7. The van der Waals surface area contributed by atoms with E-state index in [0.29, 0.717) is 11.3 Å². The van der Waals surface area contributed by atoms with Gasteiger partial charge < -0.3 is 19.5 Å². The maximum atomic E-state index is 13.6. The van der Waals surface area contributed by atoms with Crippen LogP contribution in [0.5, 0.6) is 5.88 Å². The Kier molecular flexibility index (Phi) is 13.0. The molecule has 1 N–H and O–H groups in total. The summed E-state index contributed by atoms with van der Waals surface area (Å²) in [7, 11) is 0. The minimum Gasteiger partial charge on any atom is -0.469 e. The molecule has 1 aliphatic rings. The molecule has 6 heterocycles. The highest BCUT2D eigenvalue weighted by molar-refractivity contribution is 6.02. The van der Waals surface area contributed by atoms with Crippen molar-refractivity contribution in [3.05, 3.63) is 162 Å². The van der Waals surface area contributed by atoms with Crippen molar-refractivity contribution >= 4 is 29.2 Å².